The minimum Gasteiger partial charge on any atom is -0.459 e. The molecule has 1 fully saturated rings. The summed E-state index contributed by atoms with van der Waals surface area (Å²) in [5.41, 5.74) is 1.86. The van der Waals surface area contributed by atoms with Crippen LogP contribution in [0.1, 0.15) is 47.4 Å². The number of imide groups is 1. The van der Waals surface area contributed by atoms with Gasteiger partial charge in [0.15, 0.2) is 12.4 Å². The molecule has 4 amide bonds. The van der Waals surface area contributed by atoms with E-state index in [2.05, 4.69) is 10.6 Å². The van der Waals surface area contributed by atoms with Crippen LogP contribution in [-0.4, -0.2) is 47.4 Å². The van der Waals surface area contributed by atoms with E-state index in [0.717, 1.165) is 36.8 Å². The summed E-state index contributed by atoms with van der Waals surface area (Å²) >= 11 is 0. The molecular weight excluding hydrogens is 414 g/mol. The zero-order valence-corrected chi connectivity index (χ0v) is 17.5. The van der Waals surface area contributed by atoms with E-state index in [1.807, 2.05) is 24.3 Å². The summed E-state index contributed by atoms with van der Waals surface area (Å²) in [5, 5.41) is 4.91. The number of carbonyl (C=O) groups is 4. The zero-order valence-electron chi connectivity index (χ0n) is 17.5. The van der Waals surface area contributed by atoms with Gasteiger partial charge in [-0.05, 0) is 36.1 Å². The van der Waals surface area contributed by atoms with Gasteiger partial charge in [-0.1, -0.05) is 37.1 Å². The van der Waals surface area contributed by atoms with Gasteiger partial charge < -0.3 is 19.4 Å². The Balaban J connectivity index is 1.38. The number of rotatable bonds is 5. The van der Waals surface area contributed by atoms with Crippen LogP contribution < -0.4 is 10.6 Å². The number of furan rings is 1. The topological polar surface area (TPSA) is 118 Å². The van der Waals surface area contributed by atoms with Gasteiger partial charge >= 0.3 is 12.0 Å². The first-order chi connectivity index (χ1) is 15.5. The van der Waals surface area contributed by atoms with Crippen LogP contribution in [0.4, 0.5) is 4.79 Å². The maximum absolute atomic E-state index is 12.9. The third kappa shape index (κ3) is 4.99. The average molecular weight is 439 g/mol. The van der Waals surface area contributed by atoms with Crippen molar-refractivity contribution in [3.05, 3.63) is 59.5 Å². The van der Waals surface area contributed by atoms with Gasteiger partial charge in [0.1, 0.15) is 6.04 Å². The number of carbonyl (C=O) groups excluding carboxylic acids is 4. The Bertz CT molecular complexity index is 997. The van der Waals surface area contributed by atoms with Gasteiger partial charge in [0.2, 0.25) is 0 Å². The summed E-state index contributed by atoms with van der Waals surface area (Å²) in [4.78, 5) is 51.1. The number of ether oxygens (including phenoxy) is 1. The smallest absolute Gasteiger partial charge is 0.329 e. The first kappa shape index (κ1) is 21.6. The zero-order chi connectivity index (χ0) is 22.5. The number of amides is 4. The van der Waals surface area contributed by atoms with E-state index in [-0.39, 0.29) is 24.8 Å². The van der Waals surface area contributed by atoms with Crippen LogP contribution in [0.15, 0.2) is 47.1 Å². The van der Waals surface area contributed by atoms with Crippen LogP contribution in [0, 0.1) is 0 Å². The number of esters is 1. The molecule has 0 radical (unpaired) electrons. The molecule has 1 atom stereocenters. The van der Waals surface area contributed by atoms with E-state index >= 15 is 0 Å². The van der Waals surface area contributed by atoms with Crippen molar-refractivity contribution in [2.45, 2.75) is 50.7 Å². The van der Waals surface area contributed by atoms with Crippen LogP contribution in [0.5, 0.6) is 0 Å². The Kier molecular flexibility index (Phi) is 6.53. The second-order valence-corrected chi connectivity index (χ2v) is 8.01. The minimum absolute atomic E-state index is 0.0637. The van der Waals surface area contributed by atoms with E-state index < -0.39 is 36.5 Å². The lowest BCUT2D eigenvalue weighted by molar-refractivity contribution is -0.153. The molecule has 9 heteroatoms. The van der Waals surface area contributed by atoms with Crippen molar-refractivity contribution >= 4 is 23.8 Å². The predicted octanol–water partition coefficient (Wildman–Crippen LogP) is 2.16. The molecule has 4 rings (SSSR count). The van der Waals surface area contributed by atoms with Gasteiger partial charge in [-0.15, -0.1) is 0 Å². The fourth-order valence-corrected chi connectivity index (χ4v) is 4.18. The largest absolute Gasteiger partial charge is 0.459 e. The van der Waals surface area contributed by atoms with Gasteiger partial charge in [-0.25, -0.2) is 9.59 Å². The average Bonchev–Trinajstić information content (AvgIpc) is 3.50. The molecule has 1 aliphatic heterocycles. The molecule has 0 spiro atoms. The highest BCUT2D eigenvalue weighted by Gasteiger charge is 2.37. The van der Waals surface area contributed by atoms with Crippen LogP contribution in [0.25, 0.3) is 0 Å². The number of hydrogen-bond donors (Lipinski definition) is 2. The van der Waals surface area contributed by atoms with Crippen molar-refractivity contribution in [1.29, 1.82) is 0 Å². The number of nitrogens with zero attached hydrogens (tertiary/aromatic N) is 1. The molecule has 0 unspecified atom stereocenters. The number of urea groups is 1. The Labute approximate surface area is 185 Å². The maximum Gasteiger partial charge on any atom is 0.329 e. The number of nitrogens with one attached hydrogen (secondary N) is 2. The van der Waals surface area contributed by atoms with Gasteiger partial charge in [-0.3, -0.25) is 14.9 Å². The number of fused-ring (bicyclic) bond motifs is 1. The molecule has 1 aromatic heterocycles. The summed E-state index contributed by atoms with van der Waals surface area (Å²) in [6.45, 7) is -0.399. The van der Waals surface area contributed by atoms with Gasteiger partial charge in [0.25, 0.3) is 11.8 Å². The Morgan fingerprint density at radius 2 is 1.78 bits per heavy atom. The van der Waals surface area contributed by atoms with Crippen LogP contribution in [-0.2, 0) is 27.3 Å². The van der Waals surface area contributed by atoms with Crippen LogP contribution in [0.3, 0.4) is 0 Å². The molecular formula is C23H25N3O6. The third-order valence-corrected chi connectivity index (χ3v) is 5.80. The first-order valence-corrected chi connectivity index (χ1v) is 10.7. The Hall–Kier alpha value is -3.62. The third-order valence-electron chi connectivity index (χ3n) is 5.80. The minimum atomic E-state index is -0.914. The maximum atomic E-state index is 12.9. The molecule has 0 bridgehead atoms. The lowest BCUT2D eigenvalue weighted by Crippen LogP contribution is -2.50. The van der Waals surface area contributed by atoms with Gasteiger partial charge in [0, 0.05) is 19.0 Å². The van der Waals surface area contributed by atoms with Crippen molar-refractivity contribution in [3.63, 3.8) is 0 Å². The summed E-state index contributed by atoms with van der Waals surface area (Å²) < 4.78 is 10.4. The second-order valence-electron chi connectivity index (χ2n) is 8.01. The molecule has 168 valence electrons. The van der Waals surface area contributed by atoms with Crippen LogP contribution >= 0.6 is 0 Å². The van der Waals surface area contributed by atoms with E-state index in [1.165, 1.54) is 17.2 Å². The normalized spacial score (nSPS) is 18.0. The molecule has 32 heavy (non-hydrogen) atoms. The molecule has 1 saturated carbocycles. The molecule has 0 saturated heterocycles. The standard InChI is InChI=1S/C23H25N3O6/c27-20(25-23(30)24-17-8-3-4-9-17)14-32-22(29)18-12-15-6-1-2-7-16(15)13-26(18)21(28)19-10-5-11-31-19/h1-2,5-7,10-11,17-18H,3-4,8-9,12-14H2,(H2,24,25,27,30)/t18-/m0/s1. The predicted molar refractivity (Wildman–Crippen MR) is 112 cm³/mol. The van der Waals surface area contributed by atoms with E-state index in [4.69, 9.17) is 9.15 Å². The van der Waals surface area contributed by atoms with Crippen molar-refractivity contribution in [3.8, 4) is 0 Å². The first-order valence-electron chi connectivity index (χ1n) is 10.7. The quantitative estimate of drug-likeness (QED) is 0.690. The molecule has 9 nitrogen and oxygen atoms in total. The van der Waals surface area contributed by atoms with E-state index in [0.29, 0.717) is 0 Å². The molecule has 2 N–H and O–H groups in total. The number of benzene rings is 1. The lowest BCUT2D eigenvalue weighted by Gasteiger charge is -2.34. The SMILES string of the molecule is O=C(COC(=O)[C@@H]1Cc2ccccc2CN1C(=O)c1ccco1)NC(=O)NC1CCCC1. The fraction of sp³-hybridized carbons (Fsp3) is 0.391. The molecule has 2 aliphatic rings. The fourth-order valence-electron chi connectivity index (χ4n) is 4.18. The monoisotopic (exact) mass is 439 g/mol. The van der Waals surface area contributed by atoms with E-state index in [9.17, 15) is 19.2 Å². The van der Waals surface area contributed by atoms with Crippen molar-refractivity contribution in [2.75, 3.05) is 6.61 Å². The summed E-state index contributed by atoms with van der Waals surface area (Å²) in [7, 11) is 0. The lowest BCUT2D eigenvalue weighted by atomic mass is 9.93. The van der Waals surface area contributed by atoms with Crippen LogP contribution in [0.2, 0.25) is 0 Å². The van der Waals surface area contributed by atoms with Gasteiger partial charge in [0.05, 0.1) is 6.26 Å². The summed E-state index contributed by atoms with van der Waals surface area (Å²) in [6.07, 6.45) is 5.52. The van der Waals surface area contributed by atoms with E-state index in [1.54, 1.807) is 6.07 Å². The summed E-state index contributed by atoms with van der Waals surface area (Å²) in [6, 6.07) is 9.20. The van der Waals surface area contributed by atoms with Crippen molar-refractivity contribution in [1.82, 2.24) is 15.5 Å². The molecule has 1 aliphatic carbocycles. The second kappa shape index (κ2) is 9.67. The van der Waals surface area contributed by atoms with Gasteiger partial charge in [-0.2, -0.15) is 0 Å². The molecule has 2 heterocycles. The highest BCUT2D eigenvalue weighted by Crippen LogP contribution is 2.26. The highest BCUT2D eigenvalue weighted by molar-refractivity contribution is 5.97. The number of hydrogen-bond acceptors (Lipinski definition) is 6. The van der Waals surface area contributed by atoms with Crippen molar-refractivity contribution < 1.29 is 28.3 Å². The highest BCUT2D eigenvalue weighted by atomic mass is 16.5. The Morgan fingerprint density at radius 3 is 2.50 bits per heavy atom. The molecule has 1 aromatic carbocycles. The van der Waals surface area contributed by atoms with Crippen molar-refractivity contribution in [2.24, 2.45) is 0 Å². The summed E-state index contributed by atoms with van der Waals surface area (Å²) in [5.74, 6) is -1.77. The Morgan fingerprint density at radius 1 is 1.03 bits per heavy atom. The molecule has 2 aromatic rings.